The van der Waals surface area contributed by atoms with Gasteiger partial charge in [0.1, 0.15) is 0 Å². The highest BCUT2D eigenvalue weighted by Gasteiger charge is 2.19. The smallest absolute Gasteiger partial charge is 0.361 e. The lowest BCUT2D eigenvalue weighted by Gasteiger charge is -1.81. The molecule has 0 aromatic carbocycles. The SMILES string of the molecule is CC(=O)C(=[N+]=[N-])c1cscn1. The minimum atomic E-state index is -0.293. The van der Waals surface area contributed by atoms with Gasteiger partial charge in [-0.1, -0.05) is 0 Å². The van der Waals surface area contributed by atoms with Crippen LogP contribution in [0.3, 0.4) is 0 Å². The number of hydrogen-bond donors (Lipinski definition) is 0. The molecule has 1 aromatic heterocycles. The average molecular weight is 167 g/mol. The zero-order valence-electron chi connectivity index (χ0n) is 5.81. The minimum Gasteiger partial charge on any atom is -0.361 e. The molecule has 0 radical (unpaired) electrons. The molecular formula is C6H5N3OS. The molecule has 4 nitrogen and oxygen atoms in total. The van der Waals surface area contributed by atoms with Crippen molar-refractivity contribution in [1.82, 2.24) is 4.98 Å². The number of nitrogens with zero attached hydrogens (tertiary/aromatic N) is 3. The van der Waals surface area contributed by atoms with Crippen molar-refractivity contribution in [1.29, 1.82) is 0 Å². The van der Waals surface area contributed by atoms with Crippen LogP contribution in [-0.4, -0.2) is 21.3 Å². The predicted molar refractivity (Wildman–Crippen MR) is 40.5 cm³/mol. The van der Waals surface area contributed by atoms with Gasteiger partial charge in [-0.15, -0.1) is 11.3 Å². The Morgan fingerprint density at radius 2 is 2.55 bits per heavy atom. The van der Waals surface area contributed by atoms with Crippen LogP contribution in [-0.2, 0) is 4.79 Å². The van der Waals surface area contributed by atoms with Crippen LogP contribution in [0.25, 0.3) is 5.53 Å². The minimum absolute atomic E-state index is 0.00579. The van der Waals surface area contributed by atoms with Crippen molar-refractivity contribution < 1.29 is 9.58 Å². The number of Topliss-reactive ketones (excluding diaryl/α,β-unsaturated/α-hetero) is 1. The van der Waals surface area contributed by atoms with E-state index in [9.17, 15) is 4.79 Å². The molecule has 0 aliphatic carbocycles. The fourth-order valence-corrected chi connectivity index (χ4v) is 1.17. The first-order valence-corrected chi connectivity index (χ1v) is 3.81. The molecule has 5 heteroatoms. The van der Waals surface area contributed by atoms with Gasteiger partial charge in [-0.3, -0.25) is 4.79 Å². The van der Waals surface area contributed by atoms with Crippen molar-refractivity contribution in [2.45, 2.75) is 6.92 Å². The normalized spacial score (nSPS) is 8.82. The highest BCUT2D eigenvalue weighted by Crippen LogP contribution is 2.01. The zero-order valence-corrected chi connectivity index (χ0v) is 6.63. The summed E-state index contributed by atoms with van der Waals surface area (Å²) >= 11 is 1.35. The van der Waals surface area contributed by atoms with E-state index < -0.39 is 0 Å². The fraction of sp³-hybridized carbons (Fsp3) is 0.167. The van der Waals surface area contributed by atoms with Crippen molar-refractivity contribution in [3.05, 3.63) is 22.1 Å². The predicted octanol–water partition coefficient (Wildman–Crippen LogP) is 0.751. The Hall–Kier alpha value is -1.32. The summed E-state index contributed by atoms with van der Waals surface area (Å²) in [6.07, 6.45) is 0. The van der Waals surface area contributed by atoms with Gasteiger partial charge >= 0.3 is 5.71 Å². The van der Waals surface area contributed by atoms with Gasteiger partial charge in [-0.25, -0.2) is 4.98 Å². The van der Waals surface area contributed by atoms with Gasteiger partial charge in [0.25, 0.3) is 0 Å². The highest BCUT2D eigenvalue weighted by atomic mass is 32.1. The van der Waals surface area contributed by atoms with Crippen LogP contribution in [0.1, 0.15) is 12.6 Å². The van der Waals surface area contributed by atoms with E-state index in [-0.39, 0.29) is 11.5 Å². The van der Waals surface area contributed by atoms with Gasteiger partial charge in [-0.2, -0.15) is 4.79 Å². The lowest BCUT2D eigenvalue weighted by Crippen LogP contribution is -2.12. The van der Waals surface area contributed by atoms with E-state index in [1.807, 2.05) is 0 Å². The summed E-state index contributed by atoms with van der Waals surface area (Å²) in [5, 5.41) is 1.65. The summed E-state index contributed by atoms with van der Waals surface area (Å²) in [7, 11) is 0. The molecule has 0 N–H and O–H groups in total. The van der Waals surface area contributed by atoms with E-state index >= 15 is 0 Å². The Kier molecular flexibility index (Phi) is 2.25. The molecular weight excluding hydrogens is 162 g/mol. The van der Waals surface area contributed by atoms with E-state index in [1.165, 1.54) is 18.3 Å². The number of ketones is 1. The van der Waals surface area contributed by atoms with Crippen molar-refractivity contribution in [3.8, 4) is 0 Å². The number of rotatable bonds is 2. The number of carbonyl (C=O) groups excluding carboxylic acids is 1. The van der Waals surface area contributed by atoms with Crippen LogP contribution in [0.4, 0.5) is 0 Å². The molecule has 0 fully saturated rings. The molecule has 0 saturated carbocycles. The summed E-state index contributed by atoms with van der Waals surface area (Å²) < 4.78 is 0. The van der Waals surface area contributed by atoms with E-state index in [4.69, 9.17) is 5.53 Å². The summed E-state index contributed by atoms with van der Waals surface area (Å²) in [4.78, 5) is 17.4. The van der Waals surface area contributed by atoms with Crippen molar-refractivity contribution in [2.24, 2.45) is 0 Å². The molecule has 0 atom stereocenters. The molecule has 1 rings (SSSR count). The van der Waals surface area contributed by atoms with Crippen LogP contribution in [0, 0.1) is 0 Å². The summed E-state index contributed by atoms with van der Waals surface area (Å²) in [6, 6.07) is 0. The molecule has 11 heavy (non-hydrogen) atoms. The molecule has 0 aliphatic heterocycles. The third-order valence-electron chi connectivity index (χ3n) is 1.11. The molecule has 0 spiro atoms. The number of hydrogen-bond acceptors (Lipinski definition) is 3. The van der Waals surface area contributed by atoms with E-state index in [2.05, 4.69) is 9.77 Å². The second-order valence-electron chi connectivity index (χ2n) is 1.88. The first-order valence-electron chi connectivity index (χ1n) is 2.87. The molecule has 1 aromatic rings. The van der Waals surface area contributed by atoms with Crippen LogP contribution >= 0.6 is 11.3 Å². The van der Waals surface area contributed by atoms with Crippen LogP contribution in [0.15, 0.2) is 10.9 Å². The molecule has 0 aliphatic rings. The molecule has 0 saturated heterocycles. The second kappa shape index (κ2) is 3.18. The maximum atomic E-state index is 10.7. The molecule has 56 valence electrons. The Bertz CT molecular complexity index is 311. The van der Waals surface area contributed by atoms with Crippen LogP contribution < -0.4 is 0 Å². The maximum absolute atomic E-state index is 10.7. The number of aromatic nitrogens is 1. The first-order chi connectivity index (χ1) is 5.25. The Balaban J connectivity index is 3.09. The quantitative estimate of drug-likeness (QED) is 0.370. The third-order valence-corrected chi connectivity index (χ3v) is 1.69. The molecule has 0 unspecified atom stereocenters. The van der Waals surface area contributed by atoms with Gasteiger partial charge in [0.05, 0.1) is 5.51 Å². The van der Waals surface area contributed by atoms with E-state index in [0.29, 0.717) is 5.69 Å². The lowest BCUT2D eigenvalue weighted by molar-refractivity contribution is -0.115. The first kappa shape index (κ1) is 7.78. The monoisotopic (exact) mass is 167 g/mol. The van der Waals surface area contributed by atoms with E-state index in [1.54, 1.807) is 10.9 Å². The fourth-order valence-electron chi connectivity index (χ4n) is 0.631. The van der Waals surface area contributed by atoms with Crippen molar-refractivity contribution >= 4 is 22.8 Å². The second-order valence-corrected chi connectivity index (χ2v) is 2.60. The molecule has 0 amide bonds. The summed E-state index contributed by atoms with van der Waals surface area (Å²) in [6.45, 7) is 1.33. The van der Waals surface area contributed by atoms with Gasteiger partial charge in [0.15, 0.2) is 5.69 Å². The van der Waals surface area contributed by atoms with Gasteiger partial charge < -0.3 is 5.53 Å². The van der Waals surface area contributed by atoms with Gasteiger partial charge in [0, 0.05) is 12.3 Å². The standard InChI is InChI=1S/C6H5N3OS/c1-4(10)6(9-7)5-2-11-3-8-5/h2-3H,1H3. The molecule has 0 bridgehead atoms. The van der Waals surface area contributed by atoms with Crippen LogP contribution in [0.5, 0.6) is 0 Å². The Morgan fingerprint density at radius 1 is 1.82 bits per heavy atom. The largest absolute Gasteiger partial charge is 0.383 e. The average Bonchev–Trinajstić information content (AvgIpc) is 2.40. The number of thiazole rings is 1. The highest BCUT2D eigenvalue weighted by molar-refractivity contribution is 7.07. The maximum Gasteiger partial charge on any atom is 0.383 e. The van der Waals surface area contributed by atoms with Crippen molar-refractivity contribution in [3.63, 3.8) is 0 Å². The summed E-state index contributed by atoms with van der Waals surface area (Å²) in [5.41, 5.74) is 10.4. The molecule has 1 heterocycles. The topological polar surface area (TPSA) is 66.4 Å². The lowest BCUT2D eigenvalue weighted by atomic mass is 10.2. The third kappa shape index (κ3) is 1.58. The van der Waals surface area contributed by atoms with Gasteiger partial charge in [-0.05, 0) is 0 Å². The Labute approximate surface area is 67.1 Å². The Morgan fingerprint density at radius 3 is 2.91 bits per heavy atom. The summed E-state index contributed by atoms with van der Waals surface area (Å²) in [5.74, 6) is -0.293. The van der Waals surface area contributed by atoms with E-state index in [0.717, 1.165) is 0 Å². The van der Waals surface area contributed by atoms with Gasteiger partial charge in [0.2, 0.25) is 5.78 Å². The zero-order chi connectivity index (χ0) is 8.27. The number of carbonyl (C=O) groups is 1. The van der Waals surface area contributed by atoms with Crippen LogP contribution in [0.2, 0.25) is 0 Å². The van der Waals surface area contributed by atoms with Crippen molar-refractivity contribution in [2.75, 3.05) is 0 Å².